The van der Waals surface area contributed by atoms with Crippen LogP contribution >= 0.6 is 11.8 Å². The van der Waals surface area contributed by atoms with Gasteiger partial charge in [0, 0.05) is 41.6 Å². The lowest BCUT2D eigenvalue weighted by Crippen LogP contribution is -2.47. The first kappa shape index (κ1) is 25.0. The second kappa shape index (κ2) is 9.18. The number of aromatic nitrogens is 2. The number of methoxy groups -OCH3 is 1. The zero-order valence-electron chi connectivity index (χ0n) is 18.7. The van der Waals surface area contributed by atoms with Gasteiger partial charge >= 0.3 is 6.18 Å². The van der Waals surface area contributed by atoms with Crippen LogP contribution in [0, 0.1) is 5.41 Å². The minimum absolute atomic E-state index is 0.0744. The summed E-state index contributed by atoms with van der Waals surface area (Å²) in [5, 5.41) is 0.0744. The van der Waals surface area contributed by atoms with Crippen molar-refractivity contribution in [3.8, 4) is 17.2 Å². The Hall–Kier alpha value is -3.08. The van der Waals surface area contributed by atoms with Crippen molar-refractivity contribution in [1.29, 1.82) is 0 Å². The summed E-state index contributed by atoms with van der Waals surface area (Å²) in [4.78, 5) is 17.5. The van der Waals surface area contributed by atoms with E-state index in [-0.39, 0.29) is 24.5 Å². The number of halogens is 5. The number of benzene rings is 2. The summed E-state index contributed by atoms with van der Waals surface area (Å²) in [6.07, 6.45) is -2.08. The van der Waals surface area contributed by atoms with Crippen molar-refractivity contribution < 1.29 is 31.4 Å². The number of hydrogen-bond acceptors (Lipinski definition) is 5. The lowest BCUT2D eigenvalue weighted by atomic mass is 9.68. The topological polar surface area (TPSA) is 53.4 Å². The standard InChI is InChI=1S/C24H21F5N2O3S/c1-22(12-23(25,26)13-22)14-34-18-8-5-16(11-19(18)33-2)31-10-9-30-20(21(31)32)35-17-6-3-15(4-7-17)24(27,28)29/h3-11H,12-14H2,1-2H3. The summed E-state index contributed by atoms with van der Waals surface area (Å²) in [6.45, 7) is 1.83. The number of alkyl halides is 5. The number of nitrogens with zero attached hydrogens (tertiary/aromatic N) is 2. The SMILES string of the molecule is COc1cc(-n2ccnc(Sc3ccc(C(F)(F)F)cc3)c2=O)ccc1OCC1(C)CC(F)(F)C1. The van der Waals surface area contributed by atoms with Crippen molar-refractivity contribution in [1.82, 2.24) is 9.55 Å². The van der Waals surface area contributed by atoms with Crippen molar-refractivity contribution in [3.05, 3.63) is 70.8 Å². The predicted octanol–water partition coefficient (Wildman–Crippen LogP) is 6.23. The second-order valence-electron chi connectivity index (χ2n) is 8.68. The summed E-state index contributed by atoms with van der Waals surface area (Å²) >= 11 is 0.946. The molecule has 1 aliphatic rings. The van der Waals surface area contributed by atoms with Gasteiger partial charge in [-0.15, -0.1) is 0 Å². The molecule has 0 saturated heterocycles. The highest BCUT2D eigenvalue weighted by atomic mass is 32.2. The van der Waals surface area contributed by atoms with E-state index >= 15 is 0 Å². The van der Waals surface area contributed by atoms with Gasteiger partial charge in [-0.2, -0.15) is 13.2 Å². The van der Waals surface area contributed by atoms with Gasteiger partial charge in [0.15, 0.2) is 16.5 Å². The van der Waals surface area contributed by atoms with Crippen LogP contribution in [0.2, 0.25) is 0 Å². The fourth-order valence-electron chi connectivity index (χ4n) is 3.97. The average molecular weight is 513 g/mol. The molecule has 0 spiro atoms. The third-order valence-corrected chi connectivity index (χ3v) is 6.56. The number of hydrogen-bond donors (Lipinski definition) is 0. The van der Waals surface area contributed by atoms with Gasteiger partial charge < -0.3 is 9.47 Å². The lowest BCUT2D eigenvalue weighted by molar-refractivity contribution is -0.164. The molecule has 0 bridgehead atoms. The first-order valence-electron chi connectivity index (χ1n) is 10.5. The van der Waals surface area contributed by atoms with Gasteiger partial charge in [-0.3, -0.25) is 9.36 Å². The van der Waals surface area contributed by atoms with Crippen LogP contribution in [0.5, 0.6) is 11.5 Å². The van der Waals surface area contributed by atoms with E-state index in [1.807, 2.05) is 0 Å². The van der Waals surface area contributed by atoms with Crippen molar-refractivity contribution in [2.24, 2.45) is 5.41 Å². The molecule has 0 aliphatic heterocycles. The molecule has 1 aromatic heterocycles. The van der Waals surface area contributed by atoms with E-state index < -0.39 is 28.6 Å². The zero-order valence-corrected chi connectivity index (χ0v) is 19.6. The average Bonchev–Trinajstić information content (AvgIpc) is 2.77. The van der Waals surface area contributed by atoms with Crippen LogP contribution in [-0.2, 0) is 6.18 Å². The van der Waals surface area contributed by atoms with Crippen molar-refractivity contribution in [3.63, 3.8) is 0 Å². The molecule has 0 unspecified atom stereocenters. The Kier molecular flexibility index (Phi) is 6.56. The van der Waals surface area contributed by atoms with E-state index in [4.69, 9.17) is 9.47 Å². The van der Waals surface area contributed by atoms with Crippen LogP contribution in [0.1, 0.15) is 25.3 Å². The van der Waals surface area contributed by atoms with E-state index in [0.29, 0.717) is 22.1 Å². The Balaban J connectivity index is 1.53. The minimum atomic E-state index is -4.45. The largest absolute Gasteiger partial charge is 0.493 e. The molecule has 3 aromatic rings. The molecule has 4 rings (SSSR count). The first-order valence-corrected chi connectivity index (χ1v) is 11.3. The highest BCUT2D eigenvalue weighted by Crippen LogP contribution is 2.52. The van der Waals surface area contributed by atoms with Crippen LogP contribution in [-0.4, -0.2) is 29.2 Å². The van der Waals surface area contributed by atoms with Gasteiger partial charge in [-0.1, -0.05) is 18.7 Å². The first-order chi connectivity index (χ1) is 16.4. The summed E-state index contributed by atoms with van der Waals surface area (Å²) in [5.41, 5.74) is -1.44. The highest BCUT2D eigenvalue weighted by Gasteiger charge is 2.54. The second-order valence-corrected chi connectivity index (χ2v) is 9.74. The molecule has 11 heteroatoms. The summed E-state index contributed by atoms with van der Waals surface area (Å²) in [7, 11) is 1.42. The smallest absolute Gasteiger partial charge is 0.416 e. The molecule has 5 nitrogen and oxygen atoms in total. The zero-order chi connectivity index (χ0) is 25.4. The van der Waals surface area contributed by atoms with Gasteiger partial charge in [0.1, 0.15) is 0 Å². The highest BCUT2D eigenvalue weighted by molar-refractivity contribution is 7.99. The van der Waals surface area contributed by atoms with Gasteiger partial charge in [0.05, 0.1) is 25.0 Å². The number of rotatable bonds is 7. The maximum Gasteiger partial charge on any atom is 0.416 e. The van der Waals surface area contributed by atoms with E-state index in [1.54, 1.807) is 25.1 Å². The van der Waals surface area contributed by atoms with Crippen molar-refractivity contribution >= 4 is 11.8 Å². The van der Waals surface area contributed by atoms with Crippen LogP contribution in [0.25, 0.3) is 5.69 Å². The van der Waals surface area contributed by atoms with Crippen molar-refractivity contribution in [2.75, 3.05) is 13.7 Å². The quantitative estimate of drug-likeness (QED) is 0.352. The summed E-state index contributed by atoms with van der Waals surface area (Å²) in [5.74, 6) is -1.99. The molecular weight excluding hydrogens is 491 g/mol. The van der Waals surface area contributed by atoms with E-state index in [2.05, 4.69) is 4.98 Å². The Morgan fingerprint density at radius 2 is 1.77 bits per heavy atom. The number of ether oxygens (including phenoxy) is 2. The minimum Gasteiger partial charge on any atom is -0.493 e. The van der Waals surface area contributed by atoms with E-state index in [0.717, 1.165) is 23.9 Å². The summed E-state index contributed by atoms with van der Waals surface area (Å²) < 4.78 is 77.3. The molecule has 0 N–H and O–H groups in total. The Morgan fingerprint density at radius 1 is 1.09 bits per heavy atom. The maximum absolute atomic E-state index is 13.3. The van der Waals surface area contributed by atoms with Gasteiger partial charge in [0.25, 0.3) is 5.56 Å². The molecule has 35 heavy (non-hydrogen) atoms. The Bertz CT molecular complexity index is 1270. The molecule has 1 saturated carbocycles. The normalized spacial score (nSPS) is 16.4. The van der Waals surface area contributed by atoms with Crippen LogP contribution in [0.15, 0.2) is 69.6 Å². The fourth-order valence-corrected chi connectivity index (χ4v) is 4.76. The monoisotopic (exact) mass is 512 g/mol. The molecule has 0 radical (unpaired) electrons. The summed E-state index contributed by atoms with van der Waals surface area (Å²) in [6, 6.07) is 9.21. The lowest BCUT2D eigenvalue weighted by Gasteiger charge is -2.44. The molecule has 1 heterocycles. The Morgan fingerprint density at radius 3 is 2.37 bits per heavy atom. The van der Waals surface area contributed by atoms with Crippen LogP contribution < -0.4 is 15.0 Å². The Labute approximate surface area is 201 Å². The van der Waals surface area contributed by atoms with E-state index in [9.17, 15) is 26.7 Å². The third kappa shape index (κ3) is 5.61. The van der Waals surface area contributed by atoms with Crippen molar-refractivity contribution in [2.45, 2.75) is 41.8 Å². The van der Waals surface area contributed by atoms with Gasteiger partial charge in [-0.05, 0) is 36.4 Å². The molecule has 1 aliphatic carbocycles. The predicted molar refractivity (Wildman–Crippen MR) is 120 cm³/mol. The molecule has 1 fully saturated rings. The molecule has 0 amide bonds. The van der Waals surface area contributed by atoms with Crippen LogP contribution in [0.4, 0.5) is 22.0 Å². The van der Waals surface area contributed by atoms with Gasteiger partial charge in [-0.25, -0.2) is 13.8 Å². The molecular formula is C24H21F5N2O3S. The fraction of sp³-hybridized carbons (Fsp3) is 0.333. The molecule has 2 aromatic carbocycles. The molecule has 0 atom stereocenters. The van der Waals surface area contributed by atoms with Crippen LogP contribution in [0.3, 0.4) is 0 Å². The van der Waals surface area contributed by atoms with Gasteiger partial charge in [0.2, 0.25) is 5.92 Å². The maximum atomic E-state index is 13.3. The third-order valence-electron chi connectivity index (χ3n) is 5.58. The molecule has 186 valence electrons. The van der Waals surface area contributed by atoms with E-state index in [1.165, 1.54) is 36.2 Å².